The molecule has 0 aliphatic heterocycles. The van der Waals surface area contributed by atoms with Crippen LogP contribution in [-0.2, 0) is 11.3 Å². The van der Waals surface area contributed by atoms with E-state index < -0.39 is 17.9 Å². The second kappa shape index (κ2) is 6.15. The smallest absolute Gasteiger partial charge is 0.308 e. The second-order valence-electron chi connectivity index (χ2n) is 4.17. The zero-order chi connectivity index (χ0) is 13.7. The van der Waals surface area contributed by atoms with Crippen molar-refractivity contribution in [3.63, 3.8) is 0 Å². The van der Waals surface area contributed by atoms with Crippen molar-refractivity contribution < 1.29 is 14.7 Å². The SMILES string of the molecule is CC(NC(=O)c1cn(CCN)cn1)C(C)C(=O)O. The van der Waals surface area contributed by atoms with Gasteiger partial charge < -0.3 is 20.7 Å². The Kier molecular flexibility index (Phi) is 4.85. The molecule has 7 heteroatoms. The van der Waals surface area contributed by atoms with E-state index in [1.165, 1.54) is 6.33 Å². The number of rotatable bonds is 6. The molecule has 1 heterocycles. The highest BCUT2D eigenvalue weighted by molar-refractivity contribution is 5.92. The third kappa shape index (κ3) is 3.56. The van der Waals surface area contributed by atoms with Gasteiger partial charge in [-0.25, -0.2) is 4.98 Å². The Morgan fingerprint density at radius 3 is 2.78 bits per heavy atom. The molecule has 4 N–H and O–H groups in total. The highest BCUT2D eigenvalue weighted by Gasteiger charge is 2.22. The first-order valence-corrected chi connectivity index (χ1v) is 5.71. The molecule has 0 spiro atoms. The molecule has 0 aromatic carbocycles. The summed E-state index contributed by atoms with van der Waals surface area (Å²) in [4.78, 5) is 26.5. The summed E-state index contributed by atoms with van der Waals surface area (Å²) >= 11 is 0. The highest BCUT2D eigenvalue weighted by Crippen LogP contribution is 2.04. The molecule has 0 fully saturated rings. The van der Waals surface area contributed by atoms with Crippen LogP contribution in [0.4, 0.5) is 0 Å². The molecule has 1 aromatic rings. The van der Waals surface area contributed by atoms with Crippen LogP contribution in [0.2, 0.25) is 0 Å². The minimum Gasteiger partial charge on any atom is -0.481 e. The van der Waals surface area contributed by atoms with Crippen molar-refractivity contribution in [2.45, 2.75) is 26.4 Å². The number of carbonyl (C=O) groups excluding carboxylic acids is 1. The Bertz CT molecular complexity index is 430. The number of aliphatic carboxylic acids is 1. The van der Waals surface area contributed by atoms with Gasteiger partial charge in [-0.3, -0.25) is 9.59 Å². The molecule has 2 unspecified atom stereocenters. The monoisotopic (exact) mass is 254 g/mol. The second-order valence-corrected chi connectivity index (χ2v) is 4.17. The number of carbonyl (C=O) groups is 2. The molecule has 2 atom stereocenters. The summed E-state index contributed by atoms with van der Waals surface area (Å²) in [5.41, 5.74) is 5.64. The molecule has 18 heavy (non-hydrogen) atoms. The zero-order valence-electron chi connectivity index (χ0n) is 10.5. The van der Waals surface area contributed by atoms with E-state index in [1.807, 2.05) is 0 Å². The molecule has 0 saturated heterocycles. The lowest BCUT2D eigenvalue weighted by atomic mass is 10.0. The van der Waals surface area contributed by atoms with E-state index in [0.717, 1.165) is 0 Å². The number of aromatic nitrogens is 2. The molecule has 0 aliphatic carbocycles. The molecule has 0 radical (unpaired) electrons. The predicted molar refractivity (Wildman–Crippen MR) is 65.0 cm³/mol. The van der Waals surface area contributed by atoms with Crippen molar-refractivity contribution in [1.82, 2.24) is 14.9 Å². The minimum atomic E-state index is -0.948. The molecule has 1 rings (SSSR count). The van der Waals surface area contributed by atoms with Gasteiger partial charge in [-0.1, -0.05) is 0 Å². The number of carboxylic acid groups (broad SMARTS) is 1. The lowest BCUT2D eigenvalue weighted by Gasteiger charge is -2.16. The predicted octanol–water partition coefficient (Wildman–Crippen LogP) is -0.319. The molecule has 0 saturated carbocycles. The summed E-state index contributed by atoms with van der Waals surface area (Å²) in [5, 5.41) is 11.4. The lowest BCUT2D eigenvalue weighted by molar-refractivity contribution is -0.141. The Hall–Kier alpha value is -1.89. The molecule has 1 amide bonds. The Morgan fingerprint density at radius 2 is 2.22 bits per heavy atom. The van der Waals surface area contributed by atoms with Crippen LogP contribution in [0.15, 0.2) is 12.5 Å². The summed E-state index contributed by atoms with van der Waals surface area (Å²) < 4.78 is 1.71. The number of hydrogen-bond donors (Lipinski definition) is 3. The van der Waals surface area contributed by atoms with E-state index in [4.69, 9.17) is 10.8 Å². The van der Waals surface area contributed by atoms with E-state index >= 15 is 0 Å². The summed E-state index contributed by atoms with van der Waals surface area (Å²) in [6.07, 6.45) is 3.10. The number of nitrogens with one attached hydrogen (secondary N) is 1. The van der Waals surface area contributed by atoms with Gasteiger partial charge in [-0.2, -0.15) is 0 Å². The summed E-state index contributed by atoms with van der Waals surface area (Å²) in [6.45, 7) is 4.24. The number of amides is 1. The lowest BCUT2D eigenvalue weighted by Crippen LogP contribution is -2.40. The van der Waals surface area contributed by atoms with Crippen LogP contribution in [-0.4, -0.2) is 39.1 Å². The quantitative estimate of drug-likeness (QED) is 0.644. The van der Waals surface area contributed by atoms with Crippen LogP contribution in [0, 0.1) is 5.92 Å². The van der Waals surface area contributed by atoms with Gasteiger partial charge in [0.05, 0.1) is 12.2 Å². The maximum Gasteiger partial charge on any atom is 0.308 e. The first kappa shape index (κ1) is 14.2. The van der Waals surface area contributed by atoms with Gasteiger partial charge in [0.1, 0.15) is 5.69 Å². The van der Waals surface area contributed by atoms with E-state index in [-0.39, 0.29) is 11.6 Å². The van der Waals surface area contributed by atoms with Crippen molar-refractivity contribution in [2.24, 2.45) is 11.7 Å². The topological polar surface area (TPSA) is 110 Å². The number of imidazole rings is 1. The van der Waals surface area contributed by atoms with Crippen molar-refractivity contribution in [2.75, 3.05) is 6.54 Å². The first-order valence-electron chi connectivity index (χ1n) is 5.71. The van der Waals surface area contributed by atoms with Gasteiger partial charge in [0.2, 0.25) is 0 Å². The van der Waals surface area contributed by atoms with Gasteiger partial charge >= 0.3 is 5.97 Å². The number of nitrogens with two attached hydrogens (primary N) is 1. The Labute approximate surface area is 105 Å². The van der Waals surface area contributed by atoms with E-state index in [2.05, 4.69) is 10.3 Å². The summed E-state index contributed by atoms with van der Waals surface area (Å²) in [5.74, 6) is -1.98. The van der Waals surface area contributed by atoms with Gasteiger partial charge in [-0.15, -0.1) is 0 Å². The van der Waals surface area contributed by atoms with E-state index in [9.17, 15) is 9.59 Å². The zero-order valence-corrected chi connectivity index (χ0v) is 10.5. The van der Waals surface area contributed by atoms with Crippen LogP contribution in [0.1, 0.15) is 24.3 Å². The van der Waals surface area contributed by atoms with Crippen LogP contribution >= 0.6 is 0 Å². The van der Waals surface area contributed by atoms with Crippen molar-refractivity contribution in [1.29, 1.82) is 0 Å². The van der Waals surface area contributed by atoms with Crippen LogP contribution in [0.5, 0.6) is 0 Å². The van der Waals surface area contributed by atoms with Gasteiger partial charge in [-0.05, 0) is 13.8 Å². The molecule has 100 valence electrons. The van der Waals surface area contributed by atoms with Gasteiger partial charge in [0, 0.05) is 25.3 Å². The normalized spacial score (nSPS) is 13.9. The molecular weight excluding hydrogens is 236 g/mol. The first-order chi connectivity index (χ1) is 8.45. The van der Waals surface area contributed by atoms with Gasteiger partial charge in [0.25, 0.3) is 5.91 Å². The molecule has 7 nitrogen and oxygen atoms in total. The summed E-state index contributed by atoms with van der Waals surface area (Å²) in [6, 6.07) is -0.463. The maximum absolute atomic E-state index is 11.8. The van der Waals surface area contributed by atoms with E-state index in [0.29, 0.717) is 13.1 Å². The Balaban J connectivity index is 2.61. The van der Waals surface area contributed by atoms with Crippen molar-refractivity contribution in [3.8, 4) is 0 Å². The molecule has 1 aromatic heterocycles. The van der Waals surface area contributed by atoms with Crippen LogP contribution < -0.4 is 11.1 Å². The maximum atomic E-state index is 11.8. The third-order valence-electron chi connectivity index (χ3n) is 2.75. The number of hydrogen-bond acceptors (Lipinski definition) is 4. The standard InChI is InChI=1S/C11H18N4O3/c1-7(11(17)18)8(2)14-10(16)9-5-15(4-3-12)6-13-9/h5-8H,3-4,12H2,1-2H3,(H,14,16)(H,17,18). The van der Waals surface area contributed by atoms with Crippen molar-refractivity contribution >= 4 is 11.9 Å². The van der Waals surface area contributed by atoms with Crippen LogP contribution in [0.25, 0.3) is 0 Å². The van der Waals surface area contributed by atoms with E-state index in [1.54, 1.807) is 24.6 Å². The molecule has 0 aliphatic rings. The van der Waals surface area contributed by atoms with Gasteiger partial charge in [0.15, 0.2) is 0 Å². The number of carboxylic acids is 1. The molecular formula is C11H18N4O3. The average molecular weight is 254 g/mol. The largest absolute Gasteiger partial charge is 0.481 e. The fraction of sp³-hybridized carbons (Fsp3) is 0.545. The summed E-state index contributed by atoms with van der Waals surface area (Å²) in [7, 11) is 0. The highest BCUT2D eigenvalue weighted by atomic mass is 16.4. The minimum absolute atomic E-state index is 0.257. The number of nitrogens with zero attached hydrogens (tertiary/aromatic N) is 2. The average Bonchev–Trinajstić information content (AvgIpc) is 2.77. The fourth-order valence-electron chi connectivity index (χ4n) is 1.37. The third-order valence-corrected chi connectivity index (χ3v) is 2.75. The van der Waals surface area contributed by atoms with Crippen molar-refractivity contribution in [3.05, 3.63) is 18.2 Å². The molecule has 0 bridgehead atoms. The Morgan fingerprint density at radius 1 is 1.56 bits per heavy atom. The fourth-order valence-corrected chi connectivity index (χ4v) is 1.37. The van der Waals surface area contributed by atoms with Crippen LogP contribution in [0.3, 0.4) is 0 Å².